The summed E-state index contributed by atoms with van der Waals surface area (Å²) in [6.07, 6.45) is -5.74. The van der Waals surface area contributed by atoms with E-state index in [0.29, 0.717) is 17.1 Å². The Morgan fingerprint density at radius 3 is 1.59 bits per heavy atom. The lowest BCUT2D eigenvalue weighted by Gasteiger charge is -2.32. The summed E-state index contributed by atoms with van der Waals surface area (Å²) in [6.45, 7) is 11.2. The third-order valence-electron chi connectivity index (χ3n) is 16.1. The molecule has 0 saturated carbocycles. The van der Waals surface area contributed by atoms with E-state index in [1.165, 1.54) is 70.3 Å². The fraction of sp³-hybridized carbons (Fsp3) is 0.471. The first kappa shape index (κ1) is 89.3. The summed E-state index contributed by atoms with van der Waals surface area (Å²) in [5.41, 5.74) is 19.3. The van der Waals surface area contributed by atoms with Crippen LogP contribution in [0.4, 0.5) is 9.59 Å². The molecule has 0 aliphatic heterocycles. The van der Waals surface area contributed by atoms with Crippen LogP contribution in [0.3, 0.4) is 0 Å². The van der Waals surface area contributed by atoms with Gasteiger partial charge in [0.2, 0.25) is 47.3 Å². The average molecular weight is 1550 g/mol. The Bertz CT molecular complexity index is 3810. The van der Waals surface area contributed by atoms with Crippen LogP contribution in [0.2, 0.25) is 0 Å². The highest BCUT2D eigenvalue weighted by atomic mass is 32.2. The molecule has 0 spiro atoms. The number of amides is 13. The van der Waals surface area contributed by atoms with E-state index in [1.54, 1.807) is 25.1 Å². The number of imide groups is 1. The van der Waals surface area contributed by atoms with Gasteiger partial charge in [0, 0.05) is 54.1 Å². The SMILES string of the molecule is Cc1cc(CSCC(NC(N)=O)NC(=O)C(C)N)cc(CSCC(NC(=O)C(NC(=O)C(CC(=O)O)NC(=O)NC(=O)C(Cc2ccccc2)NC(=O)C(CC(=O)O)NC(=O)C(CCC(=O)O)NC(=O)C(CS)NC(C)NC(=O)C(Cc2cccc3ccccc23)NC(C)CCC(=O)O)C(C)(C)C)C(N)=O)c1. The first-order chi connectivity index (χ1) is 50.3. The second-order valence-corrected chi connectivity index (χ2v) is 29.0. The summed E-state index contributed by atoms with van der Waals surface area (Å²) in [7, 11) is 0. The summed E-state index contributed by atoms with van der Waals surface area (Å²) in [4.78, 5) is 197. The van der Waals surface area contributed by atoms with Crippen molar-refractivity contribution in [2.45, 2.75) is 184 Å². The first-order valence-corrected chi connectivity index (χ1v) is 36.9. The zero-order valence-electron chi connectivity index (χ0n) is 60.2. The molecular weight excluding hydrogens is 1450 g/mol. The van der Waals surface area contributed by atoms with Gasteiger partial charge in [-0.05, 0) is 85.4 Å². The number of carboxylic acids is 4. The first-order valence-electron chi connectivity index (χ1n) is 33.9. The number of nitrogens with one attached hydrogen (secondary N) is 12. The molecule has 12 atom stereocenters. The van der Waals surface area contributed by atoms with Crippen LogP contribution in [0.25, 0.3) is 10.8 Å². The number of primary amides is 2. The highest BCUT2D eigenvalue weighted by Gasteiger charge is 2.39. The van der Waals surface area contributed by atoms with Crippen molar-refractivity contribution in [3.63, 3.8) is 0 Å². The van der Waals surface area contributed by atoms with Crippen LogP contribution >= 0.6 is 36.2 Å². The molecule has 0 aliphatic carbocycles. The maximum atomic E-state index is 14.2. The van der Waals surface area contributed by atoms with E-state index in [4.69, 9.17) is 17.2 Å². The zero-order valence-corrected chi connectivity index (χ0v) is 62.7. The molecular formula is C70H97N15O19S3. The maximum Gasteiger partial charge on any atom is 0.322 e. The third-order valence-corrected chi connectivity index (χ3v) is 18.7. The minimum atomic E-state index is -2.08. The molecule has 0 fully saturated rings. The average Bonchev–Trinajstić information content (AvgIpc) is 0.831. The van der Waals surface area contributed by atoms with Crippen molar-refractivity contribution in [1.82, 2.24) is 63.8 Å². The lowest BCUT2D eigenvalue weighted by molar-refractivity contribution is -0.141. The number of hydrogen-bond acceptors (Lipinski definition) is 21. The maximum absolute atomic E-state index is 14.2. The van der Waals surface area contributed by atoms with Gasteiger partial charge in [-0.15, -0.1) is 0 Å². The minimum Gasteiger partial charge on any atom is -0.481 e. The molecule has 0 aliphatic rings. The van der Waals surface area contributed by atoms with Gasteiger partial charge >= 0.3 is 35.9 Å². The second-order valence-electron chi connectivity index (χ2n) is 26.5. The Labute approximate surface area is 631 Å². The van der Waals surface area contributed by atoms with Crippen molar-refractivity contribution in [2.75, 3.05) is 17.3 Å². The summed E-state index contributed by atoms with van der Waals surface area (Å²) < 4.78 is 0. The molecule has 34 nitrogen and oxygen atoms in total. The standard InChI is InChI=1S/C70H97N15O19S3/c1-36-24-41(26-42(25-36)33-107-35-53(83-68(73)103)82-60(95)38(3)71)32-106-34-52(59(72)94)80-67(102)58(70(5,6)7)84-64(99)50(30-57(92)93)81-69(104)85-65(100)47(27-40-14-9-8-10-15-40)78-63(98)49(29-56(90)91)79-61(96)46(21-23-55(88)89)77-66(101)51(31-105)75-39(4)76-62(97)48(74-37(2)20-22-54(86)87)28-44-18-13-17-43-16-11-12-19-45(43)44/h8-19,24-26,37-39,46-53,58,74-75,105H,20-23,27-35,71H2,1-7H3,(H2,72,94)(H,76,97)(H,77,101)(H,78,98)(H,79,96)(H,80,102)(H,82,95)(H,84,99)(H,86,87)(H,88,89)(H,90,91)(H,92,93)(H3,73,83,103)(H2,81,85,100,104). The lowest BCUT2D eigenvalue weighted by atomic mass is 9.85. The number of urea groups is 2. The molecule has 584 valence electrons. The van der Waals surface area contributed by atoms with Crippen LogP contribution in [0, 0.1) is 12.3 Å². The van der Waals surface area contributed by atoms with E-state index in [9.17, 15) is 92.3 Å². The molecule has 4 aromatic carbocycles. The number of aryl methyl sites for hydroxylation is 1. The number of aliphatic carboxylic acids is 4. The summed E-state index contributed by atoms with van der Waals surface area (Å²) in [5, 5.41) is 70.6. The molecule has 0 bridgehead atoms. The number of fused-ring (bicyclic) bond motifs is 1. The summed E-state index contributed by atoms with van der Waals surface area (Å²) in [6, 6.07) is 10.2. The van der Waals surface area contributed by atoms with Gasteiger partial charge in [0.25, 0.3) is 5.91 Å². The Morgan fingerprint density at radius 2 is 1.01 bits per heavy atom. The fourth-order valence-corrected chi connectivity index (χ4v) is 13.0. The molecule has 4 rings (SSSR count). The Morgan fingerprint density at radius 1 is 0.486 bits per heavy atom. The van der Waals surface area contributed by atoms with Gasteiger partial charge in [0.15, 0.2) is 0 Å². The number of benzene rings is 4. The van der Waals surface area contributed by atoms with E-state index in [1.807, 2.05) is 72.9 Å². The molecule has 12 unspecified atom stereocenters. The molecule has 22 N–H and O–H groups in total. The van der Waals surface area contributed by atoms with E-state index >= 15 is 0 Å². The smallest absolute Gasteiger partial charge is 0.322 e. The monoisotopic (exact) mass is 1550 g/mol. The molecule has 107 heavy (non-hydrogen) atoms. The predicted molar refractivity (Wildman–Crippen MR) is 401 cm³/mol. The number of thiol groups is 1. The number of carbonyl (C=O) groups is 15. The number of nitrogens with two attached hydrogens (primary N) is 3. The van der Waals surface area contributed by atoms with Crippen LogP contribution in [-0.2, 0) is 86.7 Å². The van der Waals surface area contributed by atoms with Crippen LogP contribution in [0.15, 0.2) is 91.0 Å². The van der Waals surface area contributed by atoms with Gasteiger partial charge in [-0.3, -0.25) is 73.0 Å². The van der Waals surface area contributed by atoms with E-state index in [0.717, 1.165) is 33.0 Å². The number of carboxylic acid groups (broad SMARTS) is 4. The Kier molecular flexibility index (Phi) is 36.8. The van der Waals surface area contributed by atoms with Gasteiger partial charge in [-0.2, -0.15) is 36.2 Å². The van der Waals surface area contributed by atoms with E-state index < -0.39 is 199 Å². The number of thioether (sulfide) groups is 2. The highest BCUT2D eigenvalue weighted by Crippen LogP contribution is 2.24. The van der Waals surface area contributed by atoms with Crippen molar-refractivity contribution < 1.29 is 92.3 Å². The van der Waals surface area contributed by atoms with Crippen molar-refractivity contribution >= 4 is 136 Å². The van der Waals surface area contributed by atoms with E-state index in [-0.39, 0.29) is 36.5 Å². The van der Waals surface area contributed by atoms with Crippen molar-refractivity contribution in [3.8, 4) is 0 Å². The topological polar surface area (TPSA) is 559 Å². The van der Waals surface area contributed by atoms with Gasteiger partial charge in [0.1, 0.15) is 42.4 Å². The van der Waals surface area contributed by atoms with Crippen LogP contribution in [0.1, 0.15) is 108 Å². The van der Waals surface area contributed by atoms with E-state index in [2.05, 4.69) is 71.1 Å². The van der Waals surface area contributed by atoms with Crippen LogP contribution in [-0.4, -0.2) is 200 Å². The quantitative estimate of drug-likeness (QED) is 0.0206. The molecule has 0 aromatic heterocycles. The predicted octanol–water partition coefficient (Wildman–Crippen LogP) is 0.0835. The molecule has 13 amide bonds. The molecule has 37 heteroatoms. The molecule has 0 heterocycles. The largest absolute Gasteiger partial charge is 0.481 e. The van der Waals surface area contributed by atoms with Crippen molar-refractivity contribution in [2.24, 2.45) is 22.6 Å². The highest BCUT2D eigenvalue weighted by molar-refractivity contribution is 7.98. The van der Waals surface area contributed by atoms with Gasteiger partial charge < -0.3 is 90.8 Å². The third kappa shape index (κ3) is 32.7. The second kappa shape index (κ2) is 44.1. The van der Waals surface area contributed by atoms with Crippen LogP contribution < -0.4 is 81.0 Å². The Balaban J connectivity index is 1.47. The van der Waals surface area contributed by atoms with Gasteiger partial charge in [0.05, 0.1) is 37.1 Å². The normalized spacial score (nSPS) is 14.6. The number of hydrogen-bond donors (Lipinski definition) is 20. The van der Waals surface area contributed by atoms with Gasteiger partial charge in [-0.25, -0.2) is 9.59 Å². The lowest BCUT2D eigenvalue weighted by Crippen LogP contribution is -2.62. The number of carbonyl (C=O) groups excluding carboxylic acids is 11. The fourth-order valence-electron chi connectivity index (χ4n) is 10.8. The summed E-state index contributed by atoms with van der Waals surface area (Å²) in [5.74, 6) is -14.1. The van der Waals surface area contributed by atoms with Crippen LogP contribution in [0.5, 0.6) is 0 Å². The Hall–Kier alpha value is -10.1. The molecule has 4 aromatic rings. The summed E-state index contributed by atoms with van der Waals surface area (Å²) >= 11 is 6.92. The van der Waals surface area contributed by atoms with Crippen molar-refractivity contribution in [3.05, 3.63) is 119 Å². The number of rotatable bonds is 45. The molecule has 0 radical (unpaired) electrons. The van der Waals surface area contributed by atoms with Gasteiger partial charge in [-0.1, -0.05) is 117 Å². The molecule has 0 saturated heterocycles. The minimum absolute atomic E-state index is 0.0607. The zero-order chi connectivity index (χ0) is 79.8. The van der Waals surface area contributed by atoms with Crippen molar-refractivity contribution in [1.29, 1.82) is 0 Å².